The minimum atomic E-state index is -0.330. The van der Waals surface area contributed by atoms with Crippen LogP contribution in [0.5, 0.6) is 0 Å². The average molecular weight is 338 g/mol. The molecule has 1 atom stereocenters. The molecule has 1 heterocycles. The van der Waals surface area contributed by atoms with Crippen LogP contribution in [0.1, 0.15) is 19.3 Å². The smallest absolute Gasteiger partial charge is 0.323 e. The first kappa shape index (κ1) is 17.0. The molecule has 130 valence electrons. The molecule has 0 aromatic heterocycles. The van der Waals surface area contributed by atoms with Crippen LogP contribution in [0.3, 0.4) is 0 Å². The van der Waals surface area contributed by atoms with Crippen molar-refractivity contribution in [3.63, 3.8) is 0 Å². The summed E-state index contributed by atoms with van der Waals surface area (Å²) in [5.74, 6) is -0.0365. The Morgan fingerprint density at radius 2 is 1.52 bits per heavy atom. The van der Waals surface area contributed by atoms with E-state index in [0.29, 0.717) is 17.1 Å². The fourth-order valence-corrected chi connectivity index (χ4v) is 2.79. The Labute approximate surface area is 147 Å². The fourth-order valence-electron chi connectivity index (χ4n) is 2.79. The highest BCUT2D eigenvalue weighted by Crippen LogP contribution is 2.17. The number of benzene rings is 2. The zero-order valence-corrected chi connectivity index (χ0v) is 13.9. The molecule has 1 aliphatic rings. The number of amides is 3. The Kier molecular flexibility index (Phi) is 5.64. The Morgan fingerprint density at radius 1 is 0.840 bits per heavy atom. The Balaban J connectivity index is 1.57. The standard InChI is InChI=1S/C19H22N4O2/c24-18(17-11-4-5-12-20-17)21-15-9-6-10-16(13-15)23-19(25)22-14-7-2-1-3-8-14/h1-3,6-10,13,17,20H,4-5,11-12H2,(H,21,24)(H2,22,23,25). The van der Waals surface area contributed by atoms with Gasteiger partial charge in [-0.1, -0.05) is 30.7 Å². The van der Waals surface area contributed by atoms with Crippen molar-refractivity contribution in [1.82, 2.24) is 5.32 Å². The molecule has 1 fully saturated rings. The van der Waals surface area contributed by atoms with Crippen LogP contribution in [0, 0.1) is 0 Å². The van der Waals surface area contributed by atoms with Crippen LogP contribution in [-0.4, -0.2) is 24.5 Å². The molecule has 1 saturated heterocycles. The van der Waals surface area contributed by atoms with Crippen LogP contribution in [0.25, 0.3) is 0 Å². The molecule has 1 aliphatic heterocycles. The predicted octanol–water partition coefficient (Wildman–Crippen LogP) is 3.41. The van der Waals surface area contributed by atoms with E-state index in [1.54, 1.807) is 24.3 Å². The minimum Gasteiger partial charge on any atom is -0.325 e. The van der Waals surface area contributed by atoms with Crippen LogP contribution in [0.4, 0.5) is 21.9 Å². The van der Waals surface area contributed by atoms with E-state index < -0.39 is 0 Å². The maximum atomic E-state index is 12.3. The van der Waals surface area contributed by atoms with Gasteiger partial charge >= 0.3 is 6.03 Å². The monoisotopic (exact) mass is 338 g/mol. The van der Waals surface area contributed by atoms with Gasteiger partial charge in [0.05, 0.1) is 6.04 Å². The van der Waals surface area contributed by atoms with Crippen LogP contribution in [0.2, 0.25) is 0 Å². The summed E-state index contributed by atoms with van der Waals surface area (Å²) in [4.78, 5) is 24.3. The summed E-state index contributed by atoms with van der Waals surface area (Å²) >= 11 is 0. The van der Waals surface area contributed by atoms with E-state index in [1.165, 1.54) is 0 Å². The van der Waals surface area contributed by atoms with Gasteiger partial charge in [0.1, 0.15) is 0 Å². The van der Waals surface area contributed by atoms with Gasteiger partial charge in [0.25, 0.3) is 0 Å². The fraction of sp³-hybridized carbons (Fsp3) is 0.263. The third-order valence-corrected chi connectivity index (χ3v) is 4.05. The Morgan fingerprint density at radius 3 is 2.24 bits per heavy atom. The highest BCUT2D eigenvalue weighted by molar-refractivity contribution is 6.00. The number of urea groups is 1. The largest absolute Gasteiger partial charge is 0.325 e. The van der Waals surface area contributed by atoms with Crippen molar-refractivity contribution in [2.45, 2.75) is 25.3 Å². The van der Waals surface area contributed by atoms with E-state index in [2.05, 4.69) is 21.3 Å². The lowest BCUT2D eigenvalue weighted by Crippen LogP contribution is -2.43. The summed E-state index contributed by atoms with van der Waals surface area (Å²) in [6.45, 7) is 0.874. The van der Waals surface area contributed by atoms with Gasteiger partial charge in [-0.25, -0.2) is 4.79 Å². The summed E-state index contributed by atoms with van der Waals surface area (Å²) in [5.41, 5.74) is 1.99. The topological polar surface area (TPSA) is 82.3 Å². The van der Waals surface area contributed by atoms with E-state index in [9.17, 15) is 9.59 Å². The number of para-hydroxylation sites is 1. The zero-order valence-electron chi connectivity index (χ0n) is 13.9. The third kappa shape index (κ3) is 5.06. The maximum absolute atomic E-state index is 12.3. The highest BCUT2D eigenvalue weighted by atomic mass is 16.2. The second-order valence-corrected chi connectivity index (χ2v) is 6.02. The van der Waals surface area contributed by atoms with Crippen molar-refractivity contribution in [2.24, 2.45) is 0 Å². The molecule has 0 spiro atoms. The number of rotatable bonds is 4. The van der Waals surface area contributed by atoms with Crippen molar-refractivity contribution in [3.05, 3.63) is 54.6 Å². The molecule has 0 saturated carbocycles. The Bertz CT molecular complexity index is 727. The van der Waals surface area contributed by atoms with Crippen LogP contribution < -0.4 is 21.3 Å². The number of piperidine rings is 1. The summed E-state index contributed by atoms with van der Waals surface area (Å²) in [7, 11) is 0. The third-order valence-electron chi connectivity index (χ3n) is 4.05. The quantitative estimate of drug-likeness (QED) is 0.689. The van der Waals surface area contributed by atoms with E-state index >= 15 is 0 Å². The van der Waals surface area contributed by atoms with Crippen LogP contribution in [0.15, 0.2) is 54.6 Å². The lowest BCUT2D eigenvalue weighted by Gasteiger charge is -2.22. The molecule has 4 N–H and O–H groups in total. The molecule has 3 amide bonds. The number of anilines is 3. The van der Waals surface area contributed by atoms with E-state index in [-0.39, 0.29) is 18.0 Å². The van der Waals surface area contributed by atoms with Gasteiger partial charge in [-0.3, -0.25) is 4.79 Å². The van der Waals surface area contributed by atoms with Gasteiger partial charge in [0.2, 0.25) is 5.91 Å². The summed E-state index contributed by atoms with van der Waals surface area (Å²) < 4.78 is 0. The van der Waals surface area contributed by atoms with Gasteiger partial charge < -0.3 is 21.3 Å². The van der Waals surface area contributed by atoms with Crippen molar-refractivity contribution in [1.29, 1.82) is 0 Å². The van der Waals surface area contributed by atoms with Gasteiger partial charge in [-0.05, 0) is 49.7 Å². The number of hydrogen-bond donors (Lipinski definition) is 4. The average Bonchev–Trinajstić information content (AvgIpc) is 2.63. The summed E-state index contributed by atoms with van der Waals surface area (Å²) in [6.07, 6.45) is 3.02. The van der Waals surface area contributed by atoms with Crippen molar-refractivity contribution in [2.75, 3.05) is 22.5 Å². The molecule has 2 aromatic carbocycles. The number of nitrogens with one attached hydrogen (secondary N) is 4. The molecule has 6 nitrogen and oxygen atoms in total. The predicted molar refractivity (Wildman–Crippen MR) is 99.8 cm³/mol. The highest BCUT2D eigenvalue weighted by Gasteiger charge is 2.20. The van der Waals surface area contributed by atoms with Crippen molar-refractivity contribution >= 4 is 29.0 Å². The van der Waals surface area contributed by atoms with Gasteiger partial charge in [0, 0.05) is 17.1 Å². The molecule has 1 unspecified atom stereocenters. The molecule has 6 heteroatoms. The second kappa shape index (κ2) is 8.30. The van der Waals surface area contributed by atoms with Crippen molar-refractivity contribution < 1.29 is 9.59 Å². The van der Waals surface area contributed by atoms with E-state index in [4.69, 9.17) is 0 Å². The minimum absolute atomic E-state index is 0.0365. The second-order valence-electron chi connectivity index (χ2n) is 6.02. The SMILES string of the molecule is O=C(Nc1ccccc1)Nc1cccc(NC(=O)C2CCCCN2)c1. The molecule has 0 radical (unpaired) electrons. The number of carbonyl (C=O) groups excluding carboxylic acids is 2. The van der Waals surface area contributed by atoms with E-state index in [0.717, 1.165) is 25.8 Å². The van der Waals surface area contributed by atoms with E-state index in [1.807, 2.05) is 30.3 Å². The Hall–Kier alpha value is -2.86. The molecule has 0 bridgehead atoms. The number of hydrogen-bond acceptors (Lipinski definition) is 3. The first-order chi connectivity index (χ1) is 12.2. The summed E-state index contributed by atoms with van der Waals surface area (Å²) in [6, 6.07) is 15.9. The molecule has 2 aromatic rings. The molecule has 25 heavy (non-hydrogen) atoms. The lowest BCUT2D eigenvalue weighted by atomic mass is 10.0. The molecular weight excluding hydrogens is 316 g/mol. The van der Waals surface area contributed by atoms with Crippen molar-refractivity contribution in [3.8, 4) is 0 Å². The first-order valence-corrected chi connectivity index (χ1v) is 8.48. The lowest BCUT2D eigenvalue weighted by molar-refractivity contribution is -0.118. The van der Waals surface area contributed by atoms with Crippen LogP contribution >= 0.6 is 0 Å². The maximum Gasteiger partial charge on any atom is 0.323 e. The van der Waals surface area contributed by atoms with Gasteiger partial charge in [-0.15, -0.1) is 0 Å². The zero-order chi connectivity index (χ0) is 17.5. The van der Waals surface area contributed by atoms with Gasteiger partial charge in [-0.2, -0.15) is 0 Å². The molecular formula is C19H22N4O2. The number of carbonyl (C=O) groups is 2. The first-order valence-electron chi connectivity index (χ1n) is 8.48. The van der Waals surface area contributed by atoms with Crippen LogP contribution in [-0.2, 0) is 4.79 Å². The summed E-state index contributed by atoms with van der Waals surface area (Å²) in [5, 5.41) is 11.6. The molecule has 3 rings (SSSR count). The van der Waals surface area contributed by atoms with Gasteiger partial charge in [0.15, 0.2) is 0 Å². The normalized spacial score (nSPS) is 16.7. The molecule has 0 aliphatic carbocycles.